The number of hydrogen-bond acceptors (Lipinski definition) is 3. The molecule has 0 spiro atoms. The summed E-state index contributed by atoms with van der Waals surface area (Å²) < 4.78 is 0. The highest BCUT2D eigenvalue weighted by atomic mass is 35.5. The van der Waals surface area contributed by atoms with Crippen LogP contribution in [0.4, 0.5) is 11.4 Å². The minimum absolute atomic E-state index is 0.0980. The van der Waals surface area contributed by atoms with Gasteiger partial charge in [-0.25, -0.2) is 0 Å². The fourth-order valence-electron chi connectivity index (χ4n) is 1.11. The molecule has 1 aromatic rings. The summed E-state index contributed by atoms with van der Waals surface area (Å²) in [5, 5.41) is 10.8. The highest BCUT2D eigenvalue weighted by molar-refractivity contribution is 6.33. The second kappa shape index (κ2) is 3.22. The van der Waals surface area contributed by atoms with E-state index in [1.165, 1.54) is 0 Å². The molecule has 0 aliphatic rings. The summed E-state index contributed by atoms with van der Waals surface area (Å²) in [6.07, 6.45) is 0. The van der Waals surface area contributed by atoms with Crippen LogP contribution >= 0.6 is 11.6 Å². The van der Waals surface area contributed by atoms with E-state index in [9.17, 15) is 10.1 Å². The number of nitro benzene ring substituents is 1. The molecule has 0 unspecified atom stereocenters. The Bertz CT molecular complexity index is 351. The van der Waals surface area contributed by atoms with Gasteiger partial charge in [0, 0.05) is 5.69 Å². The van der Waals surface area contributed by atoms with E-state index in [2.05, 4.69) is 0 Å². The minimum Gasteiger partial charge on any atom is -0.398 e. The molecule has 0 aliphatic heterocycles. The Morgan fingerprint density at radius 2 is 2.08 bits per heavy atom. The van der Waals surface area contributed by atoms with Crippen molar-refractivity contribution in [2.75, 3.05) is 5.73 Å². The van der Waals surface area contributed by atoms with Gasteiger partial charge in [-0.2, -0.15) is 0 Å². The number of nitrogen functional groups attached to an aromatic ring is 1. The first-order chi connectivity index (χ1) is 5.95. The number of rotatable bonds is 1. The molecule has 1 aromatic carbocycles. The molecule has 4 nitrogen and oxygen atoms in total. The molecule has 70 valence electrons. The van der Waals surface area contributed by atoms with E-state index in [-0.39, 0.29) is 10.7 Å². The van der Waals surface area contributed by atoms with Crippen LogP contribution in [0.25, 0.3) is 0 Å². The Labute approximate surface area is 80.5 Å². The van der Waals surface area contributed by atoms with Gasteiger partial charge >= 0.3 is 0 Å². The van der Waals surface area contributed by atoms with Crippen LogP contribution in [0.5, 0.6) is 0 Å². The Morgan fingerprint density at radius 3 is 2.54 bits per heavy atom. The van der Waals surface area contributed by atoms with Crippen LogP contribution < -0.4 is 5.73 Å². The second-order valence-electron chi connectivity index (χ2n) is 2.83. The van der Waals surface area contributed by atoms with Crippen molar-refractivity contribution >= 4 is 23.0 Å². The van der Waals surface area contributed by atoms with Crippen LogP contribution in [-0.2, 0) is 0 Å². The largest absolute Gasteiger partial charge is 0.398 e. The SMILES string of the molecule is Cc1cc(N)c(C)c([N+](=O)[O-])c1Cl. The van der Waals surface area contributed by atoms with Gasteiger partial charge in [-0.15, -0.1) is 0 Å². The van der Waals surface area contributed by atoms with Gasteiger partial charge in [0.05, 0.1) is 10.5 Å². The molecule has 0 heterocycles. The number of halogens is 1. The Hall–Kier alpha value is -1.29. The lowest BCUT2D eigenvalue weighted by Gasteiger charge is -2.05. The maximum Gasteiger partial charge on any atom is 0.293 e. The molecule has 0 saturated heterocycles. The molecule has 0 radical (unpaired) electrons. The third-order valence-electron chi connectivity index (χ3n) is 1.90. The van der Waals surface area contributed by atoms with E-state index in [0.29, 0.717) is 16.8 Å². The number of hydrogen-bond donors (Lipinski definition) is 1. The zero-order valence-corrected chi connectivity index (χ0v) is 8.05. The van der Waals surface area contributed by atoms with Gasteiger partial charge in [-0.3, -0.25) is 10.1 Å². The Morgan fingerprint density at radius 1 is 1.54 bits per heavy atom. The van der Waals surface area contributed by atoms with E-state index < -0.39 is 4.92 Å². The van der Waals surface area contributed by atoms with Gasteiger partial charge in [-0.1, -0.05) is 11.6 Å². The van der Waals surface area contributed by atoms with Gasteiger partial charge in [0.1, 0.15) is 5.02 Å². The first-order valence-corrected chi connectivity index (χ1v) is 4.02. The quantitative estimate of drug-likeness (QED) is 0.430. The molecule has 0 fully saturated rings. The molecule has 13 heavy (non-hydrogen) atoms. The van der Waals surface area contributed by atoms with Crippen LogP contribution in [0.15, 0.2) is 6.07 Å². The summed E-state index contributed by atoms with van der Waals surface area (Å²) in [7, 11) is 0. The standard InChI is InChI=1S/C8H9ClN2O2/c1-4-3-6(10)5(2)8(7(4)9)11(12)13/h3H,10H2,1-2H3. The van der Waals surface area contributed by atoms with Crippen LogP contribution in [-0.4, -0.2) is 4.92 Å². The van der Waals surface area contributed by atoms with Crippen molar-refractivity contribution in [3.8, 4) is 0 Å². The summed E-state index contributed by atoms with van der Waals surface area (Å²) >= 11 is 5.77. The van der Waals surface area contributed by atoms with E-state index in [4.69, 9.17) is 17.3 Å². The third-order valence-corrected chi connectivity index (χ3v) is 2.37. The zero-order valence-electron chi connectivity index (χ0n) is 7.30. The summed E-state index contributed by atoms with van der Waals surface area (Å²) in [5.74, 6) is 0. The predicted octanol–water partition coefficient (Wildman–Crippen LogP) is 2.45. The van der Waals surface area contributed by atoms with Crippen molar-refractivity contribution in [1.82, 2.24) is 0 Å². The van der Waals surface area contributed by atoms with Crippen molar-refractivity contribution < 1.29 is 4.92 Å². The van der Waals surface area contributed by atoms with E-state index in [0.717, 1.165) is 0 Å². The average molecular weight is 201 g/mol. The summed E-state index contributed by atoms with van der Waals surface area (Å²) in [5.41, 5.74) is 6.90. The van der Waals surface area contributed by atoms with Crippen LogP contribution in [0.1, 0.15) is 11.1 Å². The first kappa shape index (κ1) is 9.80. The van der Waals surface area contributed by atoms with Gasteiger partial charge < -0.3 is 5.73 Å². The third kappa shape index (κ3) is 1.58. The number of nitrogens with zero attached hydrogens (tertiary/aromatic N) is 1. The zero-order chi connectivity index (χ0) is 10.2. The molecule has 0 aromatic heterocycles. The molecule has 0 saturated carbocycles. The van der Waals surface area contributed by atoms with Gasteiger partial charge in [-0.05, 0) is 25.5 Å². The number of aryl methyl sites for hydroxylation is 1. The van der Waals surface area contributed by atoms with E-state index in [1.807, 2.05) is 0 Å². The fraction of sp³-hybridized carbons (Fsp3) is 0.250. The van der Waals surface area contributed by atoms with Crippen molar-refractivity contribution in [3.63, 3.8) is 0 Å². The van der Waals surface area contributed by atoms with Crippen molar-refractivity contribution in [2.45, 2.75) is 13.8 Å². The van der Waals surface area contributed by atoms with Crippen molar-refractivity contribution in [3.05, 3.63) is 32.3 Å². The number of nitrogens with two attached hydrogens (primary N) is 1. The molecular formula is C8H9ClN2O2. The molecule has 1 rings (SSSR count). The highest BCUT2D eigenvalue weighted by Gasteiger charge is 2.20. The first-order valence-electron chi connectivity index (χ1n) is 3.64. The summed E-state index contributed by atoms with van der Waals surface area (Å²) in [4.78, 5) is 10.1. The molecule has 0 bridgehead atoms. The average Bonchev–Trinajstić information content (AvgIpc) is 2.01. The van der Waals surface area contributed by atoms with Crippen molar-refractivity contribution in [1.29, 1.82) is 0 Å². The summed E-state index contributed by atoms with van der Waals surface area (Å²) in [6.45, 7) is 3.27. The van der Waals surface area contributed by atoms with Crippen LogP contribution in [0, 0.1) is 24.0 Å². The second-order valence-corrected chi connectivity index (χ2v) is 3.21. The predicted molar refractivity (Wildman–Crippen MR) is 52.0 cm³/mol. The monoisotopic (exact) mass is 200 g/mol. The number of nitro groups is 1. The lowest BCUT2D eigenvalue weighted by molar-refractivity contribution is -0.385. The van der Waals surface area contributed by atoms with Gasteiger partial charge in [0.15, 0.2) is 0 Å². The van der Waals surface area contributed by atoms with E-state index >= 15 is 0 Å². The number of anilines is 1. The minimum atomic E-state index is -0.513. The van der Waals surface area contributed by atoms with Crippen molar-refractivity contribution in [2.24, 2.45) is 0 Å². The van der Waals surface area contributed by atoms with Crippen LogP contribution in [0.2, 0.25) is 5.02 Å². The number of benzene rings is 1. The summed E-state index contributed by atoms with van der Waals surface area (Å²) in [6, 6.07) is 1.63. The maximum atomic E-state index is 10.6. The molecule has 5 heteroatoms. The molecular weight excluding hydrogens is 192 g/mol. The highest BCUT2D eigenvalue weighted by Crippen LogP contribution is 2.34. The molecule has 0 amide bonds. The Kier molecular flexibility index (Phi) is 2.43. The molecule has 0 aliphatic carbocycles. The fourth-order valence-corrected chi connectivity index (χ4v) is 1.38. The lowest BCUT2D eigenvalue weighted by atomic mass is 10.1. The van der Waals surface area contributed by atoms with Crippen LogP contribution in [0.3, 0.4) is 0 Å². The van der Waals surface area contributed by atoms with E-state index in [1.54, 1.807) is 19.9 Å². The van der Waals surface area contributed by atoms with Gasteiger partial charge in [0.2, 0.25) is 0 Å². The van der Waals surface area contributed by atoms with Gasteiger partial charge in [0.25, 0.3) is 5.69 Å². The molecule has 0 atom stereocenters. The lowest BCUT2D eigenvalue weighted by Crippen LogP contribution is -1.99. The molecule has 2 N–H and O–H groups in total. The normalized spacial score (nSPS) is 10.1. The topological polar surface area (TPSA) is 69.2 Å². The smallest absolute Gasteiger partial charge is 0.293 e. The Balaban J connectivity index is 3.56. The maximum absolute atomic E-state index is 10.6.